The highest BCUT2D eigenvalue weighted by molar-refractivity contribution is 7.05. The fourth-order valence-electron chi connectivity index (χ4n) is 0.722. The first kappa shape index (κ1) is 8.62. The van der Waals surface area contributed by atoms with Gasteiger partial charge in [-0.2, -0.15) is 0 Å². The van der Waals surface area contributed by atoms with E-state index in [0.29, 0.717) is 0 Å². The zero-order valence-corrected chi connectivity index (χ0v) is 7.72. The lowest BCUT2D eigenvalue weighted by molar-refractivity contribution is 0.0656. The van der Waals surface area contributed by atoms with E-state index in [4.69, 9.17) is 0 Å². The third kappa shape index (κ3) is 1.97. The molecule has 4 heteroatoms. The summed E-state index contributed by atoms with van der Waals surface area (Å²) >= 11 is 1.25. The molecule has 0 fully saturated rings. The van der Waals surface area contributed by atoms with Crippen molar-refractivity contribution in [2.75, 3.05) is 0 Å². The van der Waals surface area contributed by atoms with E-state index < -0.39 is 6.10 Å². The van der Waals surface area contributed by atoms with Crippen LogP contribution in [0.15, 0.2) is 6.20 Å². The van der Waals surface area contributed by atoms with Crippen molar-refractivity contribution in [1.29, 1.82) is 0 Å². The summed E-state index contributed by atoms with van der Waals surface area (Å²) < 4.78 is 3.69. The monoisotopic (exact) mass is 172 g/mol. The Bertz CT molecular complexity index is 215. The van der Waals surface area contributed by atoms with E-state index in [1.807, 2.05) is 20.8 Å². The first-order chi connectivity index (χ1) is 5.02. The van der Waals surface area contributed by atoms with Gasteiger partial charge >= 0.3 is 0 Å². The number of hydrogen-bond donors (Lipinski definition) is 1. The predicted octanol–water partition coefficient (Wildman–Crippen LogP) is 1.62. The third-order valence-electron chi connectivity index (χ3n) is 1.47. The Balaban J connectivity index is 2.78. The van der Waals surface area contributed by atoms with Crippen molar-refractivity contribution in [3.63, 3.8) is 0 Å². The van der Waals surface area contributed by atoms with Crippen molar-refractivity contribution in [1.82, 2.24) is 9.59 Å². The van der Waals surface area contributed by atoms with Crippen LogP contribution >= 0.6 is 11.5 Å². The zero-order chi connectivity index (χ0) is 8.48. The quantitative estimate of drug-likeness (QED) is 0.700. The molecule has 11 heavy (non-hydrogen) atoms. The molecular weight excluding hydrogens is 160 g/mol. The number of aliphatic hydroxyl groups is 1. The van der Waals surface area contributed by atoms with Gasteiger partial charge in [-0.1, -0.05) is 25.3 Å². The summed E-state index contributed by atoms with van der Waals surface area (Å²) in [4.78, 5) is 0.831. The summed E-state index contributed by atoms with van der Waals surface area (Å²) in [5.41, 5.74) is -0.131. The largest absolute Gasteiger partial charge is 0.387 e. The van der Waals surface area contributed by atoms with Gasteiger partial charge in [0.1, 0.15) is 0 Å². The normalized spacial score (nSPS) is 14.9. The van der Waals surface area contributed by atoms with E-state index in [1.165, 1.54) is 11.5 Å². The minimum atomic E-state index is -0.456. The first-order valence-corrected chi connectivity index (χ1v) is 4.24. The minimum absolute atomic E-state index is 0.131. The van der Waals surface area contributed by atoms with E-state index in [1.54, 1.807) is 6.20 Å². The van der Waals surface area contributed by atoms with Crippen LogP contribution < -0.4 is 0 Å². The van der Waals surface area contributed by atoms with Crippen LogP contribution in [-0.2, 0) is 0 Å². The number of aliphatic hydroxyl groups excluding tert-OH is 1. The zero-order valence-electron chi connectivity index (χ0n) is 6.90. The molecule has 0 aromatic carbocycles. The van der Waals surface area contributed by atoms with Crippen LogP contribution in [0.25, 0.3) is 0 Å². The molecule has 1 heterocycles. The topological polar surface area (TPSA) is 46.0 Å². The standard InChI is InChI=1S/C7H12N2OS/c1-7(2,3)6(10)5-4-8-9-11-5/h4,6,10H,1-3H3. The fourth-order valence-corrected chi connectivity index (χ4v) is 1.46. The van der Waals surface area contributed by atoms with Crippen molar-refractivity contribution in [2.45, 2.75) is 26.9 Å². The van der Waals surface area contributed by atoms with E-state index >= 15 is 0 Å². The summed E-state index contributed by atoms with van der Waals surface area (Å²) in [6.45, 7) is 5.95. The second-order valence-corrected chi connectivity index (χ2v) is 4.41. The van der Waals surface area contributed by atoms with Crippen LogP contribution in [0.3, 0.4) is 0 Å². The molecule has 0 amide bonds. The van der Waals surface area contributed by atoms with E-state index in [2.05, 4.69) is 9.59 Å². The lowest BCUT2D eigenvalue weighted by Crippen LogP contribution is -2.16. The van der Waals surface area contributed by atoms with Crippen molar-refractivity contribution in [3.8, 4) is 0 Å². The van der Waals surface area contributed by atoms with E-state index in [-0.39, 0.29) is 5.41 Å². The van der Waals surface area contributed by atoms with Crippen LogP contribution in [0.1, 0.15) is 31.8 Å². The molecule has 0 aliphatic rings. The summed E-state index contributed by atoms with van der Waals surface area (Å²) in [5, 5.41) is 13.3. The highest BCUT2D eigenvalue weighted by atomic mass is 32.1. The van der Waals surface area contributed by atoms with Crippen molar-refractivity contribution in [2.24, 2.45) is 5.41 Å². The van der Waals surface area contributed by atoms with Gasteiger partial charge in [-0.05, 0) is 16.9 Å². The summed E-state index contributed by atoms with van der Waals surface area (Å²) in [6.07, 6.45) is 1.16. The van der Waals surface area contributed by atoms with Crippen molar-refractivity contribution in [3.05, 3.63) is 11.1 Å². The SMILES string of the molecule is CC(C)(C)C(O)c1cnns1. The van der Waals surface area contributed by atoms with Crippen LogP contribution in [0.5, 0.6) is 0 Å². The molecule has 1 aromatic heterocycles. The minimum Gasteiger partial charge on any atom is -0.387 e. The molecule has 0 aliphatic heterocycles. The van der Waals surface area contributed by atoms with Crippen LogP contribution in [0.4, 0.5) is 0 Å². The van der Waals surface area contributed by atoms with Crippen molar-refractivity contribution < 1.29 is 5.11 Å². The summed E-state index contributed by atoms with van der Waals surface area (Å²) in [7, 11) is 0. The molecule has 3 nitrogen and oxygen atoms in total. The molecule has 1 aromatic rings. The molecule has 0 saturated heterocycles. The van der Waals surface area contributed by atoms with Gasteiger partial charge in [0.2, 0.25) is 0 Å². The Morgan fingerprint density at radius 3 is 2.55 bits per heavy atom. The average molecular weight is 172 g/mol. The Labute approximate surface area is 70.2 Å². The van der Waals surface area contributed by atoms with E-state index in [9.17, 15) is 5.11 Å². The molecule has 0 radical (unpaired) electrons. The number of nitrogens with zero attached hydrogens (tertiary/aromatic N) is 2. The molecule has 1 atom stereocenters. The van der Waals surface area contributed by atoms with Gasteiger partial charge in [0.15, 0.2) is 0 Å². The molecule has 1 rings (SSSR count). The first-order valence-electron chi connectivity index (χ1n) is 3.47. The lowest BCUT2D eigenvalue weighted by atomic mass is 9.89. The molecule has 0 spiro atoms. The molecular formula is C7H12N2OS. The van der Waals surface area contributed by atoms with Gasteiger partial charge in [0.25, 0.3) is 0 Å². The van der Waals surface area contributed by atoms with Crippen LogP contribution in [0.2, 0.25) is 0 Å². The Morgan fingerprint density at radius 1 is 1.55 bits per heavy atom. The summed E-state index contributed by atoms with van der Waals surface area (Å²) in [5.74, 6) is 0. The maximum absolute atomic E-state index is 9.68. The maximum Gasteiger partial charge on any atom is 0.0962 e. The van der Waals surface area contributed by atoms with Gasteiger partial charge in [-0.3, -0.25) is 0 Å². The second-order valence-electron chi connectivity index (χ2n) is 3.59. The number of aromatic nitrogens is 2. The van der Waals surface area contributed by atoms with Gasteiger partial charge in [0, 0.05) is 0 Å². The van der Waals surface area contributed by atoms with Gasteiger partial charge in [-0.15, -0.1) is 5.10 Å². The molecule has 0 aliphatic carbocycles. The maximum atomic E-state index is 9.68. The van der Waals surface area contributed by atoms with Crippen LogP contribution in [0, 0.1) is 5.41 Å². The molecule has 62 valence electrons. The van der Waals surface area contributed by atoms with Crippen molar-refractivity contribution >= 4 is 11.5 Å². The smallest absolute Gasteiger partial charge is 0.0962 e. The highest BCUT2D eigenvalue weighted by Crippen LogP contribution is 2.33. The average Bonchev–Trinajstić information content (AvgIpc) is 2.34. The van der Waals surface area contributed by atoms with Gasteiger partial charge in [-0.25, -0.2) is 0 Å². The van der Waals surface area contributed by atoms with Crippen LogP contribution in [-0.4, -0.2) is 14.7 Å². The van der Waals surface area contributed by atoms with Gasteiger partial charge in [0.05, 0.1) is 17.2 Å². The molecule has 1 N–H and O–H groups in total. The third-order valence-corrected chi connectivity index (χ3v) is 2.18. The lowest BCUT2D eigenvalue weighted by Gasteiger charge is -2.23. The summed E-state index contributed by atoms with van der Waals surface area (Å²) in [6, 6.07) is 0. The highest BCUT2D eigenvalue weighted by Gasteiger charge is 2.25. The number of rotatable bonds is 1. The number of hydrogen-bond acceptors (Lipinski definition) is 4. The Kier molecular flexibility index (Phi) is 2.25. The molecule has 0 saturated carbocycles. The molecule has 1 unspecified atom stereocenters. The van der Waals surface area contributed by atoms with Gasteiger partial charge < -0.3 is 5.11 Å². The van der Waals surface area contributed by atoms with E-state index in [0.717, 1.165) is 4.88 Å². The molecule has 0 bridgehead atoms. The Hall–Kier alpha value is -0.480. The fraction of sp³-hybridized carbons (Fsp3) is 0.714. The Morgan fingerprint density at radius 2 is 2.18 bits per heavy atom. The second kappa shape index (κ2) is 2.87. The predicted molar refractivity (Wildman–Crippen MR) is 44.3 cm³/mol.